The molecule has 0 aromatic carbocycles. The molecule has 104 valence electrons. The van der Waals surface area contributed by atoms with Crippen LogP contribution in [0.5, 0.6) is 0 Å². The minimum atomic E-state index is -5.45. The van der Waals surface area contributed by atoms with Crippen molar-refractivity contribution >= 4 is 11.6 Å². The summed E-state index contributed by atoms with van der Waals surface area (Å²) in [6, 6.07) is 0. The summed E-state index contributed by atoms with van der Waals surface area (Å²) in [4.78, 5) is 0. The van der Waals surface area contributed by atoms with E-state index in [0.717, 1.165) is 0 Å². The summed E-state index contributed by atoms with van der Waals surface area (Å²) in [5, 5.41) is -0.607. The lowest BCUT2D eigenvalue weighted by Gasteiger charge is -2.57. The lowest BCUT2D eigenvalue weighted by atomic mass is 9.68. The van der Waals surface area contributed by atoms with E-state index in [2.05, 4.69) is 4.74 Å². The summed E-state index contributed by atoms with van der Waals surface area (Å²) in [5.41, 5.74) is -4.00. The molecule has 5 atom stereocenters. The highest BCUT2D eigenvalue weighted by molar-refractivity contribution is 6.21. The zero-order valence-corrected chi connectivity index (χ0v) is 9.61. The van der Waals surface area contributed by atoms with Crippen molar-refractivity contribution in [2.45, 2.75) is 42.3 Å². The molecule has 2 bridgehead atoms. The fourth-order valence-electron chi connectivity index (χ4n) is 3.83. The highest BCUT2D eigenvalue weighted by Crippen LogP contribution is 2.69. The van der Waals surface area contributed by atoms with E-state index in [1.165, 1.54) is 0 Å². The Hall–Kier alpha value is -0.170. The molecule has 0 aromatic rings. The van der Waals surface area contributed by atoms with Crippen LogP contribution in [0.4, 0.5) is 26.3 Å². The topological polar surface area (TPSA) is 9.23 Å². The zero-order chi connectivity index (χ0) is 13.5. The molecule has 3 fully saturated rings. The molecule has 1 nitrogen and oxygen atoms in total. The average molecular weight is 295 g/mol. The monoisotopic (exact) mass is 294 g/mol. The van der Waals surface area contributed by atoms with Crippen LogP contribution in [-0.2, 0) is 4.74 Å². The molecule has 0 spiro atoms. The molecule has 3 unspecified atom stereocenters. The molecule has 0 amide bonds. The Kier molecular flexibility index (Phi) is 2.34. The Morgan fingerprint density at radius 3 is 2.06 bits per heavy atom. The highest BCUT2D eigenvalue weighted by Gasteiger charge is 2.86. The minimum Gasteiger partial charge on any atom is -0.354 e. The van der Waals surface area contributed by atoms with Crippen LogP contribution in [0, 0.1) is 17.8 Å². The van der Waals surface area contributed by atoms with Crippen molar-refractivity contribution in [3.63, 3.8) is 0 Å². The second kappa shape index (κ2) is 3.29. The number of hydrogen-bond donors (Lipinski definition) is 0. The van der Waals surface area contributed by atoms with Crippen LogP contribution in [0.15, 0.2) is 0 Å². The summed E-state index contributed by atoms with van der Waals surface area (Å²) in [6.07, 6.45) is -11.1. The van der Waals surface area contributed by atoms with Gasteiger partial charge in [0.1, 0.15) is 0 Å². The van der Waals surface area contributed by atoms with Gasteiger partial charge in [-0.2, -0.15) is 26.3 Å². The van der Waals surface area contributed by atoms with Crippen molar-refractivity contribution in [3.8, 4) is 0 Å². The number of fused-ring (bicyclic) bond motifs is 5. The van der Waals surface area contributed by atoms with Crippen LogP contribution in [0.25, 0.3) is 0 Å². The standard InChI is InChI=1S/C10H9ClF6O/c11-5-2-3-1-4(5)6-7(3)18-8(6,9(12,13)14)10(15,16)17/h3-7H,1-2H2/t3-,4-,5?,6?,7?/m1/s1. The average Bonchev–Trinajstić information content (AvgIpc) is 2.51. The van der Waals surface area contributed by atoms with Crippen molar-refractivity contribution in [2.24, 2.45) is 17.8 Å². The van der Waals surface area contributed by atoms with Gasteiger partial charge in [-0.1, -0.05) is 0 Å². The third-order valence-electron chi connectivity index (χ3n) is 4.48. The number of alkyl halides is 7. The first-order chi connectivity index (χ1) is 8.09. The Morgan fingerprint density at radius 2 is 1.56 bits per heavy atom. The summed E-state index contributed by atoms with van der Waals surface area (Å²) in [7, 11) is 0. The van der Waals surface area contributed by atoms with Crippen LogP contribution in [0.2, 0.25) is 0 Å². The maximum absolute atomic E-state index is 12.9. The van der Waals surface area contributed by atoms with Gasteiger partial charge in [-0.3, -0.25) is 0 Å². The molecule has 18 heavy (non-hydrogen) atoms. The van der Waals surface area contributed by atoms with E-state index in [9.17, 15) is 26.3 Å². The predicted molar refractivity (Wildman–Crippen MR) is 49.1 cm³/mol. The van der Waals surface area contributed by atoms with Gasteiger partial charge in [0.05, 0.1) is 6.10 Å². The summed E-state index contributed by atoms with van der Waals surface area (Å²) < 4.78 is 81.5. The van der Waals surface area contributed by atoms with Crippen LogP contribution < -0.4 is 0 Å². The number of rotatable bonds is 0. The van der Waals surface area contributed by atoms with Gasteiger partial charge in [0.15, 0.2) is 0 Å². The zero-order valence-electron chi connectivity index (χ0n) is 8.85. The normalized spacial score (nSPS) is 45.8. The molecular weight excluding hydrogens is 286 g/mol. The van der Waals surface area contributed by atoms with Gasteiger partial charge >= 0.3 is 12.4 Å². The third kappa shape index (κ3) is 1.25. The number of halogens is 7. The third-order valence-corrected chi connectivity index (χ3v) is 4.98. The van der Waals surface area contributed by atoms with Crippen LogP contribution in [0.3, 0.4) is 0 Å². The smallest absolute Gasteiger partial charge is 0.354 e. The van der Waals surface area contributed by atoms with Crippen LogP contribution in [-0.4, -0.2) is 29.4 Å². The van der Waals surface area contributed by atoms with Crippen LogP contribution >= 0.6 is 11.6 Å². The SMILES string of the molecule is FC(F)(F)C1(C(F)(F)F)OC2C1[C@@H]1C[C@@H]2CC1Cl. The van der Waals surface area contributed by atoms with E-state index in [1.807, 2.05) is 0 Å². The summed E-state index contributed by atoms with van der Waals surface area (Å²) in [6.45, 7) is 0. The Morgan fingerprint density at radius 1 is 1.00 bits per heavy atom. The molecule has 0 radical (unpaired) electrons. The van der Waals surface area contributed by atoms with E-state index in [0.29, 0.717) is 12.8 Å². The quantitative estimate of drug-likeness (QED) is 0.491. The molecule has 1 saturated heterocycles. The molecule has 3 aliphatic rings. The molecule has 3 rings (SSSR count). The lowest BCUT2D eigenvalue weighted by molar-refractivity contribution is -0.470. The van der Waals surface area contributed by atoms with E-state index in [1.54, 1.807) is 0 Å². The van der Waals surface area contributed by atoms with Gasteiger partial charge in [-0.25, -0.2) is 0 Å². The van der Waals surface area contributed by atoms with Crippen molar-refractivity contribution in [1.29, 1.82) is 0 Å². The van der Waals surface area contributed by atoms with Gasteiger partial charge in [0, 0.05) is 11.3 Å². The van der Waals surface area contributed by atoms with Crippen molar-refractivity contribution in [3.05, 3.63) is 0 Å². The van der Waals surface area contributed by atoms with Crippen molar-refractivity contribution in [1.82, 2.24) is 0 Å². The molecule has 1 aliphatic heterocycles. The van der Waals surface area contributed by atoms with E-state index < -0.39 is 41.3 Å². The van der Waals surface area contributed by atoms with Gasteiger partial charge < -0.3 is 4.74 Å². The first-order valence-corrected chi connectivity index (χ1v) is 5.98. The van der Waals surface area contributed by atoms with Gasteiger partial charge in [0.2, 0.25) is 0 Å². The van der Waals surface area contributed by atoms with Crippen molar-refractivity contribution < 1.29 is 31.1 Å². The molecule has 8 heteroatoms. The van der Waals surface area contributed by atoms with E-state index in [-0.39, 0.29) is 5.92 Å². The molecule has 2 saturated carbocycles. The molecular formula is C10H9ClF6O. The van der Waals surface area contributed by atoms with Gasteiger partial charge in [0.25, 0.3) is 5.60 Å². The lowest BCUT2D eigenvalue weighted by Crippen LogP contribution is -2.76. The second-order valence-electron chi connectivity index (χ2n) is 5.25. The summed E-state index contributed by atoms with van der Waals surface area (Å²) in [5.74, 6) is -2.59. The Labute approximate surface area is 103 Å². The minimum absolute atomic E-state index is 0.264. The van der Waals surface area contributed by atoms with E-state index >= 15 is 0 Å². The molecule has 0 aromatic heterocycles. The van der Waals surface area contributed by atoms with E-state index in [4.69, 9.17) is 11.6 Å². The van der Waals surface area contributed by atoms with Gasteiger partial charge in [-0.05, 0) is 24.7 Å². The van der Waals surface area contributed by atoms with Crippen LogP contribution in [0.1, 0.15) is 12.8 Å². The number of ether oxygens (including phenoxy) is 1. The molecule has 1 heterocycles. The van der Waals surface area contributed by atoms with Crippen molar-refractivity contribution in [2.75, 3.05) is 0 Å². The first-order valence-electron chi connectivity index (χ1n) is 5.55. The summed E-state index contributed by atoms with van der Waals surface area (Å²) >= 11 is 5.84. The van der Waals surface area contributed by atoms with Gasteiger partial charge in [-0.15, -0.1) is 11.6 Å². The first kappa shape index (κ1) is 12.8. The maximum Gasteiger partial charge on any atom is 0.426 e. The molecule has 2 aliphatic carbocycles. The number of hydrogen-bond acceptors (Lipinski definition) is 1. The predicted octanol–water partition coefficient (Wildman–Crippen LogP) is 3.51. The fraction of sp³-hybridized carbons (Fsp3) is 1.00. The Balaban J connectivity index is 2.01. The second-order valence-corrected chi connectivity index (χ2v) is 5.81. The fourth-order valence-corrected chi connectivity index (χ4v) is 4.32. The maximum atomic E-state index is 12.9. The molecule has 0 N–H and O–H groups in total. The Bertz CT molecular complexity index is 364. The highest BCUT2D eigenvalue weighted by atomic mass is 35.5. The largest absolute Gasteiger partial charge is 0.426 e.